The predicted octanol–water partition coefficient (Wildman–Crippen LogP) is 6.29. The number of nitrogens with one attached hydrogen (secondary N) is 1. The molecule has 1 aliphatic carbocycles. The van der Waals surface area contributed by atoms with E-state index in [1.54, 1.807) is 31.2 Å². The molecule has 2 N–H and O–H groups in total. The van der Waals surface area contributed by atoms with E-state index in [1.165, 1.54) is 37.4 Å². The van der Waals surface area contributed by atoms with Crippen molar-refractivity contribution >= 4 is 43.1 Å². The van der Waals surface area contributed by atoms with E-state index in [1.807, 2.05) is 13.1 Å². The summed E-state index contributed by atoms with van der Waals surface area (Å²) in [5, 5.41) is 15.7. The Hall–Kier alpha value is -3.91. The molecule has 46 heavy (non-hydrogen) atoms. The van der Waals surface area contributed by atoms with Crippen molar-refractivity contribution < 1.29 is 37.4 Å². The number of halogens is 2. The number of carbonyl (C=O) groups excluding carboxylic acids is 2. The smallest absolute Gasteiger partial charge is 0.432 e. The topological polar surface area (TPSA) is 136 Å². The molecule has 0 aliphatic heterocycles. The number of fused-ring (bicyclic) bond motifs is 1. The van der Waals surface area contributed by atoms with Gasteiger partial charge in [0.05, 0.1) is 30.3 Å². The van der Waals surface area contributed by atoms with Crippen LogP contribution in [0.15, 0.2) is 42.6 Å². The first kappa shape index (κ1) is 35.0. The summed E-state index contributed by atoms with van der Waals surface area (Å²) in [5.74, 6) is -3.28. The van der Waals surface area contributed by atoms with Gasteiger partial charge in [0, 0.05) is 19.9 Å². The molecular formula is C32H43F2N5O6Si. The maximum atomic E-state index is 14.6. The molecule has 1 aromatic carbocycles. The molecule has 0 radical (unpaired) electrons. The fourth-order valence-electron chi connectivity index (χ4n) is 5.79. The van der Waals surface area contributed by atoms with Crippen LogP contribution in [-0.4, -0.2) is 83.2 Å². The lowest BCUT2D eigenvalue weighted by Crippen LogP contribution is -2.59. The highest BCUT2D eigenvalue weighted by molar-refractivity contribution is 6.74. The van der Waals surface area contributed by atoms with Crippen LogP contribution in [0.2, 0.25) is 18.1 Å². The number of anilines is 1. The third-order valence-corrected chi connectivity index (χ3v) is 14.1. The second kappa shape index (κ2) is 12.7. The standard InChI is InChI=1S/C32H43F2N5O6Si/c1-20(45-46(7,8)30(2,3)4)26(27(40)37-25-14-13-24-23(36-25)19-35-39(24)29(42)43)38(5)28(41)31(15-17-32(33,34)18-16-31)21-9-11-22(44-6)12-10-21/h9-14,19-20,26H,15-18H2,1-8H3,(H,42,43)(H,36,37,40). The van der Waals surface area contributed by atoms with E-state index in [4.69, 9.17) is 9.16 Å². The Morgan fingerprint density at radius 3 is 2.22 bits per heavy atom. The van der Waals surface area contributed by atoms with E-state index in [-0.39, 0.29) is 34.7 Å². The number of hydrogen-bond donors (Lipinski definition) is 2. The first-order valence-corrected chi connectivity index (χ1v) is 18.1. The molecule has 0 spiro atoms. The van der Waals surface area contributed by atoms with Crippen LogP contribution in [-0.2, 0) is 19.4 Å². The summed E-state index contributed by atoms with van der Waals surface area (Å²) in [6.45, 7) is 12.0. The average Bonchev–Trinajstić information content (AvgIpc) is 3.40. The van der Waals surface area contributed by atoms with Crippen LogP contribution in [0, 0.1) is 0 Å². The van der Waals surface area contributed by atoms with E-state index in [0.29, 0.717) is 11.3 Å². The second-order valence-electron chi connectivity index (χ2n) is 13.5. The molecule has 1 fully saturated rings. The molecule has 2 amide bonds. The molecule has 4 rings (SSSR count). The quantitative estimate of drug-likeness (QED) is 0.256. The van der Waals surface area contributed by atoms with Crippen molar-refractivity contribution in [2.75, 3.05) is 19.5 Å². The minimum absolute atomic E-state index is 0.104. The number of likely N-dealkylation sites (N-methyl/N-ethyl adjacent to an activating group) is 1. The van der Waals surface area contributed by atoms with Crippen LogP contribution in [0.25, 0.3) is 11.0 Å². The second-order valence-corrected chi connectivity index (χ2v) is 18.3. The summed E-state index contributed by atoms with van der Waals surface area (Å²) >= 11 is 0. The first-order valence-electron chi connectivity index (χ1n) is 15.2. The lowest BCUT2D eigenvalue weighted by Gasteiger charge is -2.45. The Kier molecular flexibility index (Phi) is 9.65. The number of hydrogen-bond acceptors (Lipinski definition) is 7. The van der Waals surface area contributed by atoms with Crippen molar-refractivity contribution in [3.63, 3.8) is 0 Å². The number of nitrogens with zero attached hydrogens (tertiary/aromatic N) is 4. The van der Waals surface area contributed by atoms with E-state index >= 15 is 0 Å². The molecule has 0 saturated heterocycles. The van der Waals surface area contributed by atoms with Gasteiger partial charge >= 0.3 is 6.09 Å². The number of carboxylic acid groups (broad SMARTS) is 1. The van der Waals surface area contributed by atoms with Gasteiger partial charge in [-0.15, -0.1) is 0 Å². The third-order valence-electron chi connectivity index (χ3n) is 9.48. The Morgan fingerprint density at radius 2 is 1.67 bits per heavy atom. The first-order chi connectivity index (χ1) is 21.3. The van der Waals surface area contributed by atoms with E-state index in [0.717, 1.165) is 4.68 Å². The van der Waals surface area contributed by atoms with Crippen LogP contribution in [0.3, 0.4) is 0 Å². The summed E-state index contributed by atoms with van der Waals surface area (Å²) in [7, 11) is 0.561. The lowest BCUT2D eigenvalue weighted by atomic mass is 9.67. The van der Waals surface area contributed by atoms with Crippen molar-refractivity contribution in [1.82, 2.24) is 19.7 Å². The molecule has 2 atom stereocenters. The number of benzene rings is 1. The molecule has 11 nitrogen and oxygen atoms in total. The molecule has 250 valence electrons. The zero-order valence-corrected chi connectivity index (χ0v) is 28.6. The predicted molar refractivity (Wildman–Crippen MR) is 172 cm³/mol. The molecule has 2 unspecified atom stereocenters. The maximum absolute atomic E-state index is 14.6. The number of carbonyl (C=O) groups is 3. The lowest BCUT2D eigenvalue weighted by molar-refractivity contribution is -0.149. The van der Waals surface area contributed by atoms with Crippen molar-refractivity contribution in [2.24, 2.45) is 0 Å². The molecule has 1 saturated carbocycles. The Labute approximate surface area is 268 Å². The Balaban J connectivity index is 1.73. The highest BCUT2D eigenvalue weighted by atomic mass is 28.4. The van der Waals surface area contributed by atoms with Crippen LogP contribution < -0.4 is 10.1 Å². The van der Waals surface area contributed by atoms with Crippen LogP contribution >= 0.6 is 0 Å². The van der Waals surface area contributed by atoms with Gasteiger partial charge in [-0.2, -0.15) is 9.78 Å². The van der Waals surface area contributed by atoms with Crippen molar-refractivity contribution in [3.05, 3.63) is 48.2 Å². The van der Waals surface area contributed by atoms with Gasteiger partial charge in [0.15, 0.2) is 8.32 Å². The minimum Gasteiger partial charge on any atom is -0.497 e. The van der Waals surface area contributed by atoms with Crippen molar-refractivity contribution in [2.45, 2.75) is 95.0 Å². The van der Waals surface area contributed by atoms with Crippen LogP contribution in [0.4, 0.5) is 19.4 Å². The Bertz CT molecular complexity index is 1590. The van der Waals surface area contributed by atoms with Gasteiger partial charge in [0.2, 0.25) is 11.8 Å². The number of pyridine rings is 1. The van der Waals surface area contributed by atoms with Gasteiger partial charge in [0.25, 0.3) is 5.91 Å². The summed E-state index contributed by atoms with van der Waals surface area (Å²) in [6, 6.07) is 8.57. The third kappa shape index (κ3) is 6.92. The average molecular weight is 660 g/mol. The molecule has 2 heterocycles. The molecule has 2 aromatic heterocycles. The summed E-state index contributed by atoms with van der Waals surface area (Å²) in [5.41, 5.74) is -0.256. The fourth-order valence-corrected chi connectivity index (χ4v) is 7.20. The largest absolute Gasteiger partial charge is 0.497 e. The monoisotopic (exact) mass is 659 g/mol. The van der Waals surface area contributed by atoms with Gasteiger partial charge in [-0.05, 0) is 67.7 Å². The number of aromatic nitrogens is 3. The molecule has 0 bridgehead atoms. The SMILES string of the molecule is COc1ccc(C2(C(=O)N(C)C(C(=O)Nc3ccc4c(cnn4C(=O)O)n3)C(C)O[Si](C)(C)C(C)(C)C)CCC(F)(F)CC2)cc1. The highest BCUT2D eigenvalue weighted by Crippen LogP contribution is 2.47. The van der Waals surface area contributed by atoms with Gasteiger partial charge < -0.3 is 24.5 Å². The Morgan fingerprint density at radius 1 is 1.07 bits per heavy atom. The fraction of sp³-hybridized carbons (Fsp3) is 0.531. The van der Waals surface area contributed by atoms with Gasteiger partial charge in [-0.3, -0.25) is 9.59 Å². The summed E-state index contributed by atoms with van der Waals surface area (Å²) in [6.07, 6.45) is -1.95. The van der Waals surface area contributed by atoms with Crippen LogP contribution in [0.1, 0.15) is 58.9 Å². The summed E-state index contributed by atoms with van der Waals surface area (Å²) in [4.78, 5) is 45.9. The van der Waals surface area contributed by atoms with Gasteiger partial charge in [-0.25, -0.2) is 18.6 Å². The van der Waals surface area contributed by atoms with Gasteiger partial charge in [0.1, 0.15) is 23.1 Å². The maximum Gasteiger partial charge on any atom is 0.432 e. The molecule has 3 aromatic rings. The number of methoxy groups -OCH3 is 1. The zero-order valence-electron chi connectivity index (χ0n) is 27.6. The zero-order chi connectivity index (χ0) is 34.2. The highest BCUT2D eigenvalue weighted by Gasteiger charge is 2.52. The number of alkyl halides is 2. The molecule has 14 heteroatoms. The van der Waals surface area contributed by atoms with E-state index in [2.05, 4.69) is 36.2 Å². The van der Waals surface area contributed by atoms with Crippen LogP contribution in [0.5, 0.6) is 5.75 Å². The minimum atomic E-state index is -2.90. The van der Waals surface area contributed by atoms with Crippen molar-refractivity contribution in [3.8, 4) is 5.75 Å². The molecule has 1 aliphatic rings. The van der Waals surface area contributed by atoms with E-state index in [9.17, 15) is 28.3 Å². The number of ether oxygens (including phenoxy) is 1. The number of rotatable bonds is 9. The van der Waals surface area contributed by atoms with Crippen molar-refractivity contribution in [1.29, 1.82) is 0 Å². The number of amides is 2. The summed E-state index contributed by atoms with van der Waals surface area (Å²) < 4.78 is 41.7. The van der Waals surface area contributed by atoms with Gasteiger partial charge in [-0.1, -0.05) is 32.9 Å². The normalized spacial score (nSPS) is 17.6. The molecular weight excluding hydrogens is 616 g/mol. The van der Waals surface area contributed by atoms with E-state index < -0.39 is 62.5 Å².